The van der Waals surface area contributed by atoms with Gasteiger partial charge in [-0.05, 0) is 35.9 Å². The van der Waals surface area contributed by atoms with Gasteiger partial charge in [-0.2, -0.15) is 4.31 Å². The molecule has 0 aromatic heterocycles. The molecule has 0 aliphatic carbocycles. The van der Waals surface area contributed by atoms with Crippen LogP contribution < -0.4 is 10.1 Å². The van der Waals surface area contributed by atoms with Crippen LogP contribution in [0.15, 0.2) is 53.4 Å². The third-order valence-corrected chi connectivity index (χ3v) is 6.19. The minimum Gasteiger partial charge on any atom is -0.497 e. The molecular weight excluding hydrogens is 356 g/mol. The summed E-state index contributed by atoms with van der Waals surface area (Å²) in [5.74, 6) is -0.0567. The zero-order valence-corrected chi connectivity index (χ0v) is 15.3. The Hall–Kier alpha value is -2.58. The van der Waals surface area contributed by atoms with Crippen molar-refractivity contribution in [2.24, 2.45) is 0 Å². The Labute approximate surface area is 152 Å². The fourth-order valence-electron chi connectivity index (χ4n) is 2.89. The lowest BCUT2D eigenvalue weighted by molar-refractivity contribution is -0.144. The number of rotatable bonds is 4. The average molecular weight is 376 g/mol. The van der Waals surface area contributed by atoms with Gasteiger partial charge in [0, 0.05) is 18.8 Å². The monoisotopic (exact) mass is 376 g/mol. The zero-order valence-electron chi connectivity index (χ0n) is 14.5. The first kappa shape index (κ1) is 18.2. The number of fused-ring (bicyclic) bond motifs is 1. The number of sulfonamides is 1. The molecule has 2 aromatic rings. The second-order valence-electron chi connectivity index (χ2n) is 5.80. The van der Waals surface area contributed by atoms with E-state index in [1.807, 2.05) is 24.3 Å². The number of anilines is 1. The summed E-state index contributed by atoms with van der Waals surface area (Å²) in [6.07, 6.45) is 0. The summed E-state index contributed by atoms with van der Waals surface area (Å²) in [4.78, 5) is 12.4. The van der Waals surface area contributed by atoms with Crippen LogP contribution in [0.25, 0.3) is 0 Å². The SMILES string of the molecule is COC(=O)C1CNc2ccccc2CN1S(=O)(=O)c1ccc(OC)cc1. The van der Waals surface area contributed by atoms with Gasteiger partial charge in [0.15, 0.2) is 0 Å². The second kappa shape index (κ2) is 7.35. The van der Waals surface area contributed by atoms with Crippen LogP contribution in [-0.4, -0.2) is 45.5 Å². The molecule has 8 heteroatoms. The number of nitrogens with one attached hydrogen (secondary N) is 1. The Kier molecular flexibility index (Phi) is 5.15. The van der Waals surface area contributed by atoms with E-state index < -0.39 is 22.0 Å². The Morgan fingerprint density at radius 2 is 1.81 bits per heavy atom. The minimum absolute atomic E-state index is 0.0668. The fourth-order valence-corrected chi connectivity index (χ4v) is 4.45. The molecule has 1 unspecified atom stereocenters. The standard InChI is InChI=1S/C18H20N2O5S/c1-24-14-7-9-15(10-8-14)26(22,23)20-12-13-5-3-4-6-16(13)19-11-17(20)18(21)25-2/h3-10,17,19H,11-12H2,1-2H3. The van der Waals surface area contributed by atoms with Gasteiger partial charge < -0.3 is 14.8 Å². The van der Waals surface area contributed by atoms with Gasteiger partial charge in [0.2, 0.25) is 10.0 Å². The van der Waals surface area contributed by atoms with E-state index in [1.54, 1.807) is 12.1 Å². The molecule has 0 saturated heterocycles. The Morgan fingerprint density at radius 3 is 2.46 bits per heavy atom. The van der Waals surface area contributed by atoms with Crippen LogP contribution in [-0.2, 0) is 26.1 Å². The summed E-state index contributed by atoms with van der Waals surface area (Å²) in [5, 5.41) is 3.14. The highest BCUT2D eigenvalue weighted by Crippen LogP contribution is 2.28. The van der Waals surface area contributed by atoms with Gasteiger partial charge in [-0.1, -0.05) is 18.2 Å². The highest BCUT2D eigenvalue weighted by atomic mass is 32.2. The molecule has 1 atom stereocenters. The number of ether oxygens (including phenoxy) is 2. The molecule has 3 rings (SSSR count). The first-order chi connectivity index (χ1) is 12.5. The van der Waals surface area contributed by atoms with E-state index >= 15 is 0 Å². The number of carbonyl (C=O) groups is 1. The third kappa shape index (κ3) is 3.38. The summed E-state index contributed by atoms with van der Waals surface area (Å²) >= 11 is 0. The van der Waals surface area contributed by atoms with Gasteiger partial charge in [0.25, 0.3) is 0 Å². The van der Waals surface area contributed by atoms with Crippen LogP contribution in [0.2, 0.25) is 0 Å². The molecule has 0 saturated carbocycles. The van der Waals surface area contributed by atoms with Gasteiger partial charge in [-0.15, -0.1) is 0 Å². The average Bonchev–Trinajstić information content (AvgIpc) is 2.87. The van der Waals surface area contributed by atoms with Crippen LogP contribution in [0.5, 0.6) is 5.75 Å². The Bertz CT molecular complexity index is 896. The maximum Gasteiger partial charge on any atom is 0.326 e. The molecule has 138 valence electrons. The highest BCUT2D eigenvalue weighted by molar-refractivity contribution is 7.89. The topological polar surface area (TPSA) is 84.9 Å². The molecule has 0 spiro atoms. The highest BCUT2D eigenvalue weighted by Gasteiger charge is 2.38. The lowest BCUT2D eigenvalue weighted by Gasteiger charge is -2.27. The number of hydrogen-bond donors (Lipinski definition) is 1. The molecule has 1 aliphatic heterocycles. The Balaban J connectivity index is 2.05. The van der Waals surface area contributed by atoms with Crippen molar-refractivity contribution in [3.63, 3.8) is 0 Å². The first-order valence-electron chi connectivity index (χ1n) is 8.03. The third-order valence-electron chi connectivity index (χ3n) is 4.32. The van der Waals surface area contributed by atoms with Gasteiger partial charge in [-0.3, -0.25) is 4.79 Å². The summed E-state index contributed by atoms with van der Waals surface area (Å²) < 4.78 is 37.6. The number of carbonyl (C=O) groups excluding carboxylic acids is 1. The predicted molar refractivity (Wildman–Crippen MR) is 96.5 cm³/mol. The van der Waals surface area contributed by atoms with E-state index in [2.05, 4.69) is 5.32 Å². The number of para-hydroxylation sites is 1. The molecule has 1 heterocycles. The van der Waals surface area contributed by atoms with Crippen LogP contribution in [0, 0.1) is 0 Å². The number of benzene rings is 2. The Morgan fingerprint density at radius 1 is 1.12 bits per heavy atom. The van der Waals surface area contributed by atoms with Gasteiger partial charge in [-0.25, -0.2) is 8.42 Å². The molecule has 0 fully saturated rings. The normalized spacial score (nSPS) is 17.5. The van der Waals surface area contributed by atoms with Crippen molar-refractivity contribution in [1.29, 1.82) is 0 Å². The van der Waals surface area contributed by atoms with E-state index in [9.17, 15) is 13.2 Å². The van der Waals surface area contributed by atoms with Crippen molar-refractivity contribution in [2.45, 2.75) is 17.5 Å². The van der Waals surface area contributed by atoms with E-state index in [0.717, 1.165) is 11.3 Å². The molecule has 0 bridgehead atoms. The van der Waals surface area contributed by atoms with Crippen molar-refractivity contribution in [3.05, 3.63) is 54.1 Å². The summed E-state index contributed by atoms with van der Waals surface area (Å²) in [5.41, 5.74) is 1.59. The van der Waals surface area contributed by atoms with Crippen LogP contribution in [0.4, 0.5) is 5.69 Å². The van der Waals surface area contributed by atoms with Crippen molar-refractivity contribution in [2.75, 3.05) is 26.1 Å². The maximum atomic E-state index is 13.2. The van der Waals surface area contributed by atoms with E-state index in [4.69, 9.17) is 9.47 Å². The van der Waals surface area contributed by atoms with Gasteiger partial charge in [0.05, 0.1) is 19.1 Å². The summed E-state index contributed by atoms with van der Waals surface area (Å²) in [6.45, 7) is 0.191. The minimum atomic E-state index is -3.92. The lowest BCUT2D eigenvalue weighted by atomic mass is 10.2. The van der Waals surface area contributed by atoms with Crippen LogP contribution in [0.3, 0.4) is 0 Å². The van der Waals surface area contributed by atoms with E-state index in [1.165, 1.54) is 30.7 Å². The fraction of sp³-hybridized carbons (Fsp3) is 0.278. The first-order valence-corrected chi connectivity index (χ1v) is 9.47. The van der Waals surface area contributed by atoms with Crippen molar-refractivity contribution in [1.82, 2.24) is 4.31 Å². The molecule has 2 aromatic carbocycles. The summed E-state index contributed by atoms with van der Waals surface area (Å²) in [7, 11) is -1.16. The number of esters is 1. The van der Waals surface area contributed by atoms with E-state index in [-0.39, 0.29) is 18.0 Å². The van der Waals surface area contributed by atoms with Gasteiger partial charge >= 0.3 is 5.97 Å². The molecular formula is C18H20N2O5S. The lowest BCUT2D eigenvalue weighted by Crippen LogP contribution is -2.47. The molecule has 7 nitrogen and oxygen atoms in total. The number of methoxy groups -OCH3 is 2. The largest absolute Gasteiger partial charge is 0.497 e. The van der Waals surface area contributed by atoms with Crippen molar-refractivity contribution in [3.8, 4) is 5.75 Å². The van der Waals surface area contributed by atoms with Gasteiger partial charge in [0.1, 0.15) is 11.8 Å². The predicted octanol–water partition coefficient (Wildman–Crippen LogP) is 1.85. The molecule has 0 amide bonds. The molecule has 26 heavy (non-hydrogen) atoms. The number of hydrogen-bond acceptors (Lipinski definition) is 6. The number of nitrogens with zero attached hydrogens (tertiary/aromatic N) is 1. The molecule has 1 N–H and O–H groups in total. The second-order valence-corrected chi connectivity index (χ2v) is 7.69. The zero-order chi connectivity index (χ0) is 18.7. The smallest absolute Gasteiger partial charge is 0.326 e. The maximum absolute atomic E-state index is 13.2. The summed E-state index contributed by atoms with van der Waals surface area (Å²) in [6, 6.07) is 12.5. The van der Waals surface area contributed by atoms with E-state index in [0.29, 0.717) is 5.75 Å². The molecule has 0 radical (unpaired) electrons. The quantitative estimate of drug-likeness (QED) is 0.820. The van der Waals surface area contributed by atoms with Crippen molar-refractivity contribution >= 4 is 21.7 Å². The molecule has 1 aliphatic rings. The van der Waals surface area contributed by atoms with Crippen LogP contribution in [0.1, 0.15) is 5.56 Å². The van der Waals surface area contributed by atoms with Crippen LogP contribution >= 0.6 is 0 Å². The van der Waals surface area contributed by atoms with Crippen molar-refractivity contribution < 1.29 is 22.7 Å².